The minimum atomic E-state index is -0.926. The van der Waals surface area contributed by atoms with Crippen LogP contribution >= 0.6 is 0 Å². The monoisotopic (exact) mass is 269 g/mol. The van der Waals surface area contributed by atoms with Gasteiger partial charge in [0.15, 0.2) is 6.10 Å². The molecule has 0 spiro atoms. The first-order valence-electron chi connectivity index (χ1n) is 6.04. The number of ether oxygens (including phenoxy) is 1. The second kappa shape index (κ2) is 5.54. The maximum absolute atomic E-state index is 13.0. The summed E-state index contributed by atoms with van der Waals surface area (Å²) >= 11 is 0. The van der Waals surface area contributed by atoms with Crippen molar-refractivity contribution in [2.45, 2.75) is 25.2 Å². The van der Waals surface area contributed by atoms with E-state index in [1.165, 1.54) is 23.1 Å². The van der Waals surface area contributed by atoms with Crippen LogP contribution in [-0.2, 0) is 4.79 Å². The van der Waals surface area contributed by atoms with E-state index in [2.05, 4.69) is 0 Å². The van der Waals surface area contributed by atoms with Crippen molar-refractivity contribution >= 4 is 5.91 Å². The highest BCUT2D eigenvalue weighted by Crippen LogP contribution is 2.17. The van der Waals surface area contributed by atoms with Crippen LogP contribution < -0.4 is 4.74 Å². The van der Waals surface area contributed by atoms with Crippen LogP contribution in [0.1, 0.15) is 6.92 Å². The SMILES string of the molecule is CC(Oc1cccc(F)c1)C(=O)N1C[C@@H](O)[C@@H](O)C1. The van der Waals surface area contributed by atoms with Crippen molar-refractivity contribution < 1.29 is 24.1 Å². The number of likely N-dealkylation sites (tertiary alicyclic amines) is 1. The third-order valence-corrected chi connectivity index (χ3v) is 3.03. The quantitative estimate of drug-likeness (QED) is 0.820. The smallest absolute Gasteiger partial charge is 0.263 e. The number of halogens is 1. The number of hydrogen-bond acceptors (Lipinski definition) is 4. The van der Waals surface area contributed by atoms with Gasteiger partial charge in [0, 0.05) is 19.2 Å². The maximum Gasteiger partial charge on any atom is 0.263 e. The number of nitrogens with zero attached hydrogens (tertiary/aromatic N) is 1. The van der Waals surface area contributed by atoms with Crippen LogP contribution in [-0.4, -0.2) is 52.4 Å². The highest BCUT2D eigenvalue weighted by atomic mass is 19.1. The molecule has 5 nitrogen and oxygen atoms in total. The first-order valence-corrected chi connectivity index (χ1v) is 6.04. The average molecular weight is 269 g/mol. The molecule has 0 saturated carbocycles. The normalized spacial score (nSPS) is 24.3. The Morgan fingerprint density at radius 1 is 1.42 bits per heavy atom. The molecule has 1 unspecified atom stereocenters. The summed E-state index contributed by atoms with van der Waals surface area (Å²) in [7, 11) is 0. The van der Waals surface area contributed by atoms with E-state index in [9.17, 15) is 19.4 Å². The van der Waals surface area contributed by atoms with Gasteiger partial charge in [-0.25, -0.2) is 4.39 Å². The highest BCUT2D eigenvalue weighted by Gasteiger charge is 2.34. The standard InChI is InChI=1S/C13H16FNO4/c1-8(19-10-4-2-3-9(14)5-10)13(18)15-6-11(16)12(17)7-15/h2-5,8,11-12,16-17H,6-7H2,1H3/t8?,11-,12+. The molecule has 1 aliphatic heterocycles. The van der Waals surface area contributed by atoms with Crippen LogP contribution in [0.5, 0.6) is 5.75 Å². The molecule has 1 heterocycles. The van der Waals surface area contributed by atoms with E-state index in [0.29, 0.717) is 0 Å². The summed E-state index contributed by atoms with van der Waals surface area (Å²) in [6.45, 7) is 1.71. The van der Waals surface area contributed by atoms with Crippen molar-refractivity contribution in [3.8, 4) is 5.75 Å². The van der Waals surface area contributed by atoms with Crippen LogP contribution in [0.25, 0.3) is 0 Å². The molecular weight excluding hydrogens is 253 g/mol. The van der Waals surface area contributed by atoms with Crippen LogP contribution in [0, 0.1) is 5.82 Å². The van der Waals surface area contributed by atoms with Gasteiger partial charge in [0.1, 0.15) is 11.6 Å². The first kappa shape index (κ1) is 13.8. The Labute approximate surface area is 110 Å². The third kappa shape index (κ3) is 3.21. The fraction of sp³-hybridized carbons (Fsp3) is 0.462. The van der Waals surface area contributed by atoms with Crippen molar-refractivity contribution in [3.05, 3.63) is 30.1 Å². The van der Waals surface area contributed by atoms with E-state index in [-0.39, 0.29) is 24.7 Å². The maximum atomic E-state index is 13.0. The van der Waals surface area contributed by atoms with Crippen molar-refractivity contribution in [2.24, 2.45) is 0 Å². The second-order valence-electron chi connectivity index (χ2n) is 4.60. The van der Waals surface area contributed by atoms with Gasteiger partial charge in [-0.15, -0.1) is 0 Å². The Balaban J connectivity index is 1.96. The molecule has 1 aromatic carbocycles. The lowest BCUT2D eigenvalue weighted by Crippen LogP contribution is -2.39. The number of hydrogen-bond donors (Lipinski definition) is 2. The number of rotatable bonds is 3. The van der Waals surface area contributed by atoms with Crippen molar-refractivity contribution in [1.82, 2.24) is 4.90 Å². The Morgan fingerprint density at radius 2 is 2.05 bits per heavy atom. The van der Waals surface area contributed by atoms with Crippen molar-refractivity contribution in [2.75, 3.05) is 13.1 Å². The van der Waals surface area contributed by atoms with Gasteiger partial charge in [0.25, 0.3) is 5.91 Å². The Kier molecular flexibility index (Phi) is 4.01. The molecular formula is C13H16FNO4. The molecule has 2 rings (SSSR count). The predicted octanol–water partition coefficient (Wildman–Crippen LogP) is 0.157. The van der Waals surface area contributed by atoms with E-state index in [4.69, 9.17) is 4.74 Å². The van der Waals surface area contributed by atoms with Gasteiger partial charge in [-0.05, 0) is 19.1 Å². The van der Waals surface area contributed by atoms with E-state index < -0.39 is 24.1 Å². The minimum Gasteiger partial charge on any atom is -0.481 e. The molecule has 1 fully saturated rings. The Bertz CT molecular complexity index is 458. The van der Waals surface area contributed by atoms with Crippen LogP contribution in [0.3, 0.4) is 0 Å². The zero-order valence-corrected chi connectivity index (χ0v) is 10.5. The van der Waals surface area contributed by atoms with Crippen LogP contribution in [0.15, 0.2) is 24.3 Å². The number of carbonyl (C=O) groups excluding carboxylic acids is 1. The number of benzene rings is 1. The predicted molar refractivity (Wildman–Crippen MR) is 65.1 cm³/mol. The van der Waals surface area contributed by atoms with E-state index in [1.54, 1.807) is 13.0 Å². The average Bonchev–Trinajstić information content (AvgIpc) is 2.68. The lowest BCUT2D eigenvalue weighted by molar-refractivity contribution is -0.137. The topological polar surface area (TPSA) is 70.0 Å². The van der Waals surface area contributed by atoms with Gasteiger partial charge in [-0.2, -0.15) is 0 Å². The summed E-state index contributed by atoms with van der Waals surface area (Å²) in [4.78, 5) is 13.3. The second-order valence-corrected chi connectivity index (χ2v) is 4.60. The summed E-state index contributed by atoms with van der Waals surface area (Å²) in [6, 6.07) is 5.52. The molecule has 6 heteroatoms. The van der Waals surface area contributed by atoms with Gasteiger partial charge in [0.05, 0.1) is 12.2 Å². The third-order valence-electron chi connectivity index (χ3n) is 3.03. The number of amides is 1. The van der Waals surface area contributed by atoms with Gasteiger partial charge in [-0.3, -0.25) is 4.79 Å². The molecule has 0 aromatic heterocycles. The molecule has 2 N–H and O–H groups in total. The molecule has 104 valence electrons. The summed E-state index contributed by atoms with van der Waals surface area (Å²) < 4.78 is 18.3. The fourth-order valence-corrected chi connectivity index (χ4v) is 2.00. The molecule has 0 bridgehead atoms. The van der Waals surface area contributed by atoms with E-state index >= 15 is 0 Å². The molecule has 1 aliphatic rings. The number of carbonyl (C=O) groups is 1. The van der Waals surface area contributed by atoms with Gasteiger partial charge >= 0.3 is 0 Å². The zero-order chi connectivity index (χ0) is 14.0. The molecule has 1 amide bonds. The zero-order valence-electron chi connectivity index (χ0n) is 10.5. The lowest BCUT2D eigenvalue weighted by atomic mass is 10.3. The molecule has 1 aromatic rings. The summed E-state index contributed by atoms with van der Waals surface area (Å²) in [5.41, 5.74) is 0. The number of aliphatic hydroxyl groups excluding tert-OH is 2. The minimum absolute atomic E-state index is 0.0802. The molecule has 1 saturated heterocycles. The van der Waals surface area contributed by atoms with Gasteiger partial charge in [-0.1, -0.05) is 6.07 Å². The number of β-amino-alcohol motifs (C(OH)–C–C–N with tert-alkyl or cyclic N) is 2. The summed E-state index contributed by atoms with van der Waals surface area (Å²) in [6.07, 6.45) is -2.66. The Morgan fingerprint density at radius 3 is 2.63 bits per heavy atom. The van der Waals surface area contributed by atoms with Crippen LogP contribution in [0.4, 0.5) is 4.39 Å². The van der Waals surface area contributed by atoms with Crippen molar-refractivity contribution in [1.29, 1.82) is 0 Å². The van der Waals surface area contributed by atoms with Crippen molar-refractivity contribution in [3.63, 3.8) is 0 Å². The first-order chi connectivity index (χ1) is 8.97. The van der Waals surface area contributed by atoms with E-state index in [0.717, 1.165) is 0 Å². The number of aliphatic hydroxyl groups is 2. The molecule has 19 heavy (non-hydrogen) atoms. The largest absolute Gasteiger partial charge is 0.481 e. The van der Waals surface area contributed by atoms with E-state index in [1.807, 2.05) is 0 Å². The molecule has 0 radical (unpaired) electrons. The summed E-state index contributed by atoms with van der Waals surface area (Å²) in [5, 5.41) is 18.8. The Hall–Kier alpha value is -1.66. The van der Waals surface area contributed by atoms with Crippen LogP contribution in [0.2, 0.25) is 0 Å². The lowest BCUT2D eigenvalue weighted by Gasteiger charge is -2.21. The van der Waals surface area contributed by atoms with Gasteiger partial charge < -0.3 is 19.8 Å². The fourth-order valence-electron chi connectivity index (χ4n) is 2.00. The highest BCUT2D eigenvalue weighted by molar-refractivity contribution is 5.81. The molecule has 3 atom stereocenters. The molecule has 0 aliphatic carbocycles. The summed E-state index contributed by atoms with van der Waals surface area (Å²) in [5.74, 6) is -0.523. The van der Waals surface area contributed by atoms with Gasteiger partial charge in [0.2, 0.25) is 0 Å².